The molecule has 2 heterocycles. The molecule has 1 aliphatic heterocycles. The zero-order valence-electron chi connectivity index (χ0n) is 18.6. The molecule has 0 saturated carbocycles. The lowest BCUT2D eigenvalue weighted by molar-refractivity contribution is -0.134. The second-order valence-electron chi connectivity index (χ2n) is 8.15. The molecule has 178 valence electrons. The number of nitrogens with two attached hydrogens (primary N) is 1. The summed E-state index contributed by atoms with van der Waals surface area (Å²) < 4.78 is 1.68. The van der Waals surface area contributed by atoms with Crippen LogP contribution < -0.4 is 5.84 Å². The number of carboxylic acid groups (broad SMARTS) is 2. The number of aromatic nitrogens is 1. The predicted octanol–water partition coefficient (Wildman–Crippen LogP) is 3.76. The number of aliphatic carboxylic acids is 2. The highest BCUT2D eigenvalue weighted by molar-refractivity contribution is 6.31. The molecule has 0 radical (unpaired) electrons. The second kappa shape index (κ2) is 11.0. The normalized spacial score (nSPS) is 14.6. The molecule has 0 bridgehead atoms. The molecule has 0 spiro atoms. The predicted molar refractivity (Wildman–Crippen MR) is 131 cm³/mol. The lowest BCUT2D eigenvalue weighted by Gasteiger charge is -2.28. The highest BCUT2D eigenvalue weighted by atomic mass is 35.5. The minimum absolute atomic E-state index is 0.0199. The number of ketones is 1. The van der Waals surface area contributed by atoms with Gasteiger partial charge in [0.2, 0.25) is 0 Å². The first-order valence-electron chi connectivity index (χ1n) is 10.7. The van der Waals surface area contributed by atoms with E-state index in [0.717, 1.165) is 36.8 Å². The zero-order valence-corrected chi connectivity index (χ0v) is 19.4. The van der Waals surface area contributed by atoms with Gasteiger partial charge in [0, 0.05) is 39.9 Å². The Kier molecular flexibility index (Phi) is 8.09. The van der Waals surface area contributed by atoms with E-state index in [1.165, 1.54) is 5.56 Å². The Bertz CT molecular complexity index is 1230. The quantitative estimate of drug-likeness (QED) is 0.286. The minimum atomic E-state index is -1.26. The van der Waals surface area contributed by atoms with Crippen LogP contribution in [0.2, 0.25) is 5.02 Å². The van der Waals surface area contributed by atoms with Crippen molar-refractivity contribution in [3.63, 3.8) is 0 Å². The Hall–Kier alpha value is -3.62. The van der Waals surface area contributed by atoms with Crippen molar-refractivity contribution in [3.8, 4) is 0 Å². The number of likely N-dealkylation sites (tertiary alicyclic amines) is 1. The third-order valence-corrected chi connectivity index (χ3v) is 5.97. The molecule has 0 amide bonds. The lowest BCUT2D eigenvalue weighted by Crippen LogP contribution is -2.29. The summed E-state index contributed by atoms with van der Waals surface area (Å²) in [5.74, 6) is 4.12. The van der Waals surface area contributed by atoms with Gasteiger partial charge in [0.25, 0.3) is 0 Å². The van der Waals surface area contributed by atoms with Gasteiger partial charge < -0.3 is 21.0 Å². The first kappa shape index (κ1) is 25.0. The lowest BCUT2D eigenvalue weighted by atomic mass is 9.88. The van der Waals surface area contributed by atoms with E-state index in [1.54, 1.807) is 28.9 Å². The number of carboxylic acids is 2. The van der Waals surface area contributed by atoms with Crippen molar-refractivity contribution >= 4 is 40.2 Å². The molecule has 9 heteroatoms. The van der Waals surface area contributed by atoms with Crippen LogP contribution in [0, 0.1) is 0 Å². The standard InChI is InChI=1S/C21H22ClN3O.C4H4O4/c1-24-9-7-14(8-10-24)19-13-25(23)20-6-5-16(12-18(19)20)21(26)15-3-2-4-17(22)11-15;5-3(6)1-2-4(7)8/h2-6,11-14H,7-10,23H2,1H3;1-2H,(H,5,6)(H,7,8)/b;2-1+. The smallest absolute Gasteiger partial charge is 0.328 e. The van der Waals surface area contributed by atoms with Crippen molar-refractivity contribution in [1.29, 1.82) is 0 Å². The fourth-order valence-corrected chi connectivity index (χ4v) is 4.20. The van der Waals surface area contributed by atoms with Crippen LogP contribution in [0.15, 0.2) is 60.8 Å². The number of nitrogens with zero attached hydrogens (tertiary/aromatic N) is 2. The highest BCUT2D eigenvalue weighted by Gasteiger charge is 2.23. The molecular weight excluding hydrogens is 458 g/mol. The number of fused-ring (bicyclic) bond motifs is 1. The summed E-state index contributed by atoms with van der Waals surface area (Å²) in [5.41, 5.74) is 3.47. The third-order valence-electron chi connectivity index (χ3n) is 5.74. The number of carbonyl (C=O) groups excluding carboxylic acids is 1. The van der Waals surface area contributed by atoms with Gasteiger partial charge in [-0.2, -0.15) is 0 Å². The SMILES string of the molecule is CN1CCC(c2cn(N)c3ccc(C(=O)c4cccc(Cl)c4)cc23)CC1.O=C(O)/C=C/C(=O)O. The van der Waals surface area contributed by atoms with E-state index in [2.05, 4.69) is 11.9 Å². The van der Waals surface area contributed by atoms with Gasteiger partial charge in [-0.05, 0) is 74.8 Å². The van der Waals surface area contributed by atoms with Crippen LogP contribution >= 0.6 is 11.6 Å². The van der Waals surface area contributed by atoms with Crippen LogP contribution in [0.1, 0.15) is 40.2 Å². The van der Waals surface area contributed by atoms with Crippen molar-refractivity contribution in [3.05, 3.63) is 82.5 Å². The summed E-state index contributed by atoms with van der Waals surface area (Å²) in [6.07, 6.45) is 5.36. The molecule has 1 saturated heterocycles. The number of hydrogen-bond donors (Lipinski definition) is 3. The van der Waals surface area contributed by atoms with Crippen molar-refractivity contribution in [1.82, 2.24) is 9.58 Å². The molecule has 4 N–H and O–H groups in total. The van der Waals surface area contributed by atoms with Gasteiger partial charge >= 0.3 is 11.9 Å². The summed E-state index contributed by atoms with van der Waals surface area (Å²) in [6, 6.07) is 12.8. The molecule has 4 rings (SSSR count). The van der Waals surface area contributed by atoms with Crippen LogP contribution in [-0.2, 0) is 9.59 Å². The number of hydrogen-bond acceptors (Lipinski definition) is 5. The van der Waals surface area contributed by atoms with Crippen molar-refractivity contribution in [2.75, 3.05) is 26.0 Å². The van der Waals surface area contributed by atoms with E-state index in [9.17, 15) is 14.4 Å². The van der Waals surface area contributed by atoms with Crippen molar-refractivity contribution < 1.29 is 24.6 Å². The Labute approximate surface area is 201 Å². The Morgan fingerprint density at radius 2 is 1.62 bits per heavy atom. The maximum absolute atomic E-state index is 12.9. The average Bonchev–Trinajstić information content (AvgIpc) is 3.14. The van der Waals surface area contributed by atoms with Gasteiger partial charge in [0.05, 0.1) is 5.52 Å². The molecule has 1 aliphatic rings. The fourth-order valence-electron chi connectivity index (χ4n) is 4.01. The van der Waals surface area contributed by atoms with E-state index in [1.807, 2.05) is 24.4 Å². The summed E-state index contributed by atoms with van der Waals surface area (Å²) in [5, 5.41) is 17.3. The first-order valence-corrected chi connectivity index (χ1v) is 11.1. The number of piperidine rings is 1. The number of rotatable bonds is 5. The monoisotopic (exact) mass is 483 g/mol. The topological polar surface area (TPSA) is 126 Å². The van der Waals surface area contributed by atoms with E-state index in [-0.39, 0.29) is 5.78 Å². The van der Waals surface area contributed by atoms with Crippen LogP contribution in [0.25, 0.3) is 10.9 Å². The van der Waals surface area contributed by atoms with Gasteiger partial charge in [-0.1, -0.05) is 23.7 Å². The van der Waals surface area contributed by atoms with Crippen LogP contribution in [0.3, 0.4) is 0 Å². The number of carbonyl (C=O) groups is 3. The molecule has 3 aromatic rings. The van der Waals surface area contributed by atoms with Crippen molar-refractivity contribution in [2.45, 2.75) is 18.8 Å². The van der Waals surface area contributed by atoms with E-state index in [4.69, 9.17) is 27.7 Å². The van der Waals surface area contributed by atoms with Gasteiger partial charge in [-0.25, -0.2) is 9.59 Å². The maximum atomic E-state index is 12.9. The molecule has 0 unspecified atom stereocenters. The van der Waals surface area contributed by atoms with Crippen molar-refractivity contribution in [2.24, 2.45) is 0 Å². The van der Waals surface area contributed by atoms with Gasteiger partial charge in [0.15, 0.2) is 5.78 Å². The third kappa shape index (κ3) is 6.24. The molecule has 34 heavy (non-hydrogen) atoms. The molecule has 1 fully saturated rings. The minimum Gasteiger partial charge on any atom is -0.478 e. The number of benzene rings is 2. The Balaban J connectivity index is 0.000000350. The largest absolute Gasteiger partial charge is 0.478 e. The number of nitrogen functional groups attached to an aromatic ring is 1. The van der Waals surface area contributed by atoms with Crippen LogP contribution in [-0.4, -0.2) is 57.6 Å². The van der Waals surface area contributed by atoms with Gasteiger partial charge in [-0.15, -0.1) is 0 Å². The molecule has 0 aliphatic carbocycles. The Morgan fingerprint density at radius 1 is 1.00 bits per heavy atom. The van der Waals surface area contributed by atoms with Crippen LogP contribution in [0.4, 0.5) is 0 Å². The summed E-state index contributed by atoms with van der Waals surface area (Å²) >= 11 is 6.04. The van der Waals surface area contributed by atoms with Crippen LogP contribution in [0.5, 0.6) is 0 Å². The van der Waals surface area contributed by atoms with E-state index < -0.39 is 11.9 Å². The fraction of sp³-hybridized carbons (Fsp3) is 0.240. The maximum Gasteiger partial charge on any atom is 0.328 e. The summed E-state index contributed by atoms with van der Waals surface area (Å²) in [7, 11) is 2.16. The Morgan fingerprint density at radius 3 is 2.21 bits per heavy atom. The van der Waals surface area contributed by atoms with E-state index in [0.29, 0.717) is 34.2 Å². The number of halogens is 1. The zero-order chi connectivity index (χ0) is 24.8. The average molecular weight is 484 g/mol. The summed E-state index contributed by atoms with van der Waals surface area (Å²) in [6.45, 7) is 2.17. The first-order chi connectivity index (χ1) is 16.2. The molecule has 2 aromatic carbocycles. The van der Waals surface area contributed by atoms with Gasteiger partial charge in [0.1, 0.15) is 0 Å². The molecule has 0 atom stereocenters. The molecule has 1 aromatic heterocycles. The second-order valence-corrected chi connectivity index (χ2v) is 8.59. The van der Waals surface area contributed by atoms with Gasteiger partial charge in [-0.3, -0.25) is 9.47 Å². The highest BCUT2D eigenvalue weighted by Crippen LogP contribution is 2.34. The molecular formula is C25H26ClN3O5. The summed E-state index contributed by atoms with van der Waals surface area (Å²) in [4.78, 5) is 34.3. The molecule has 8 nitrogen and oxygen atoms in total. The van der Waals surface area contributed by atoms with E-state index >= 15 is 0 Å².